The van der Waals surface area contributed by atoms with Crippen LogP contribution in [0.2, 0.25) is 0 Å². The van der Waals surface area contributed by atoms with Gasteiger partial charge in [-0.1, -0.05) is 27.2 Å². The van der Waals surface area contributed by atoms with E-state index in [4.69, 9.17) is 0 Å². The maximum absolute atomic E-state index is 10.5. The van der Waals surface area contributed by atoms with Crippen LogP contribution in [0.1, 0.15) is 47.0 Å². The van der Waals surface area contributed by atoms with Crippen molar-refractivity contribution >= 4 is 54.0 Å². The van der Waals surface area contributed by atoms with Gasteiger partial charge in [0.05, 0.1) is 5.60 Å². The summed E-state index contributed by atoms with van der Waals surface area (Å²) in [7, 11) is 0. The fourth-order valence-electron chi connectivity index (χ4n) is 3.85. The van der Waals surface area contributed by atoms with Crippen molar-refractivity contribution in [2.24, 2.45) is 23.2 Å². The zero-order valence-electron chi connectivity index (χ0n) is 11.3. The highest BCUT2D eigenvalue weighted by Crippen LogP contribution is 2.64. The lowest BCUT2D eigenvalue weighted by molar-refractivity contribution is -0.225. The Balaban J connectivity index is -0.000000490. The third-order valence-corrected chi connectivity index (χ3v) is 5.06. The summed E-state index contributed by atoms with van der Waals surface area (Å²) in [6.07, 6.45) is 3.64. The molecule has 5 heteroatoms. The predicted octanol–water partition coefficient (Wildman–Crippen LogP) is 3.28. The van der Waals surface area contributed by atoms with E-state index in [0.717, 1.165) is 12.3 Å². The van der Waals surface area contributed by atoms with E-state index in [2.05, 4.69) is 27.7 Å². The molecule has 0 aromatic carbocycles. The fourth-order valence-corrected chi connectivity index (χ4v) is 3.85. The van der Waals surface area contributed by atoms with Gasteiger partial charge in [0, 0.05) is 0 Å². The van der Waals surface area contributed by atoms with Crippen LogP contribution in [0.15, 0.2) is 0 Å². The van der Waals surface area contributed by atoms with E-state index in [1.807, 2.05) is 0 Å². The quantitative estimate of drug-likeness (QED) is 0.786. The summed E-state index contributed by atoms with van der Waals surface area (Å²) in [5.74, 6) is 1.97. The first-order chi connectivity index (χ1) is 5.90. The first-order valence-electron chi connectivity index (χ1n) is 5.63. The molecule has 3 fully saturated rings. The minimum atomic E-state index is -0.396. The predicted molar refractivity (Wildman–Crippen MR) is 95.9 cm³/mol. The van der Waals surface area contributed by atoms with Crippen LogP contribution in [-0.4, -0.2) is 10.7 Å². The van der Waals surface area contributed by atoms with Crippen molar-refractivity contribution in [1.29, 1.82) is 0 Å². The number of fused-ring (bicyclic) bond motifs is 2. The Morgan fingerprint density at radius 2 is 1.47 bits per heavy atom. The van der Waals surface area contributed by atoms with Crippen LogP contribution in [0, 0.1) is 23.2 Å². The molecule has 1 N–H and O–H groups in total. The van der Waals surface area contributed by atoms with Gasteiger partial charge in [-0.15, -0.1) is 0 Å². The van der Waals surface area contributed by atoms with Gasteiger partial charge in [0.15, 0.2) is 0 Å². The lowest BCUT2D eigenvalue weighted by atomic mass is 9.41. The summed E-state index contributed by atoms with van der Waals surface area (Å²) < 4.78 is 0. The number of rotatable bonds is 1. The average Bonchev–Trinajstić information content (AvgIpc) is 2.01. The van der Waals surface area contributed by atoms with Gasteiger partial charge >= 0.3 is 0 Å². The van der Waals surface area contributed by atoms with Crippen LogP contribution in [0.25, 0.3) is 0 Å². The molecule has 0 spiro atoms. The highest BCUT2D eigenvalue weighted by Gasteiger charge is 2.61. The molecule has 0 saturated heterocycles. The highest BCUT2D eigenvalue weighted by molar-refractivity contribution is 7.59. The van der Waals surface area contributed by atoms with Crippen LogP contribution in [0.5, 0.6) is 0 Å². The number of hydrogen-bond acceptors (Lipinski definition) is 1. The normalized spacial score (nSPS) is 40.4. The van der Waals surface area contributed by atoms with E-state index in [9.17, 15) is 5.11 Å². The summed E-state index contributed by atoms with van der Waals surface area (Å²) in [4.78, 5) is 0. The first-order valence-corrected chi connectivity index (χ1v) is 5.63. The van der Waals surface area contributed by atoms with Crippen molar-refractivity contribution < 1.29 is 5.11 Å². The molecule has 3 rings (SSSR count). The molecule has 2 bridgehead atoms. The summed E-state index contributed by atoms with van der Waals surface area (Å²) in [6, 6.07) is 0. The molecule has 0 aromatic rings. The van der Waals surface area contributed by atoms with Crippen molar-refractivity contribution in [3.63, 3.8) is 0 Å². The summed E-state index contributed by atoms with van der Waals surface area (Å²) in [5.41, 5.74) is 0.00215. The summed E-state index contributed by atoms with van der Waals surface area (Å²) in [6.45, 7) is 8.91. The zero-order chi connectivity index (χ0) is 9.85. The second-order valence-corrected chi connectivity index (χ2v) is 5.87. The Bertz CT molecular complexity index is 231. The van der Waals surface area contributed by atoms with Gasteiger partial charge in [0.25, 0.3) is 0 Å². The Morgan fingerprint density at radius 3 is 1.76 bits per heavy atom. The SMILES string of the molecule is CC[C@H]1C[C@@H]2C[C@@H](C2(C)C)[C@]1(C)O.S.S.S.S. The van der Waals surface area contributed by atoms with Gasteiger partial charge in [-0.2, -0.15) is 54.0 Å². The van der Waals surface area contributed by atoms with Gasteiger partial charge in [0.1, 0.15) is 0 Å². The van der Waals surface area contributed by atoms with E-state index in [1.54, 1.807) is 0 Å². The second-order valence-electron chi connectivity index (χ2n) is 5.87. The Morgan fingerprint density at radius 1 is 1.00 bits per heavy atom. The van der Waals surface area contributed by atoms with E-state index < -0.39 is 5.60 Å². The number of aliphatic hydroxyl groups is 1. The first kappa shape index (κ1) is 23.5. The lowest BCUT2D eigenvalue weighted by Crippen LogP contribution is -2.64. The highest BCUT2D eigenvalue weighted by atomic mass is 32.1. The third kappa shape index (κ3) is 3.28. The Labute approximate surface area is 134 Å². The topological polar surface area (TPSA) is 20.2 Å². The maximum atomic E-state index is 10.5. The van der Waals surface area contributed by atoms with Crippen molar-refractivity contribution in [1.82, 2.24) is 0 Å². The van der Waals surface area contributed by atoms with E-state index >= 15 is 0 Å². The number of hydrogen-bond donors (Lipinski definition) is 1. The molecule has 3 saturated carbocycles. The van der Waals surface area contributed by atoms with Crippen LogP contribution in [-0.2, 0) is 0 Å². The minimum absolute atomic E-state index is 0. The van der Waals surface area contributed by atoms with Crippen molar-refractivity contribution in [2.45, 2.75) is 52.6 Å². The minimum Gasteiger partial charge on any atom is -0.390 e. The Hall–Kier alpha value is 1.36. The molecule has 0 amide bonds. The molecule has 17 heavy (non-hydrogen) atoms. The van der Waals surface area contributed by atoms with Gasteiger partial charge in [-0.05, 0) is 42.9 Å². The molecule has 3 aliphatic rings. The van der Waals surface area contributed by atoms with E-state index in [0.29, 0.717) is 17.3 Å². The average molecular weight is 319 g/mol. The fraction of sp³-hybridized carbons (Fsp3) is 1.00. The molecule has 1 nitrogen and oxygen atoms in total. The molecule has 0 unspecified atom stereocenters. The van der Waals surface area contributed by atoms with Crippen LogP contribution >= 0.6 is 54.0 Å². The lowest BCUT2D eigenvalue weighted by Gasteiger charge is -2.65. The van der Waals surface area contributed by atoms with Crippen LogP contribution in [0.4, 0.5) is 0 Å². The van der Waals surface area contributed by atoms with Crippen LogP contribution in [0.3, 0.4) is 0 Å². The van der Waals surface area contributed by atoms with Gasteiger partial charge in [-0.25, -0.2) is 0 Å². The molecule has 0 radical (unpaired) electrons. The van der Waals surface area contributed by atoms with Crippen molar-refractivity contribution in [3.8, 4) is 0 Å². The van der Waals surface area contributed by atoms with E-state index in [-0.39, 0.29) is 54.0 Å². The molecule has 108 valence electrons. The third-order valence-electron chi connectivity index (χ3n) is 5.06. The summed E-state index contributed by atoms with van der Waals surface area (Å²) in [5, 5.41) is 10.5. The Kier molecular flexibility index (Phi) is 9.97. The largest absolute Gasteiger partial charge is 0.390 e. The van der Waals surface area contributed by atoms with E-state index in [1.165, 1.54) is 12.8 Å². The van der Waals surface area contributed by atoms with Crippen molar-refractivity contribution in [3.05, 3.63) is 0 Å². The molecule has 0 aliphatic heterocycles. The molecular weight excluding hydrogens is 288 g/mol. The zero-order valence-corrected chi connectivity index (χ0v) is 15.3. The summed E-state index contributed by atoms with van der Waals surface area (Å²) >= 11 is 0. The second kappa shape index (κ2) is 7.22. The molecule has 0 heterocycles. The molecule has 3 aliphatic carbocycles. The smallest absolute Gasteiger partial charge is 0.0681 e. The monoisotopic (exact) mass is 318 g/mol. The molecular formula is C12H30OS4. The van der Waals surface area contributed by atoms with Crippen LogP contribution < -0.4 is 0 Å². The van der Waals surface area contributed by atoms with Gasteiger partial charge in [0.2, 0.25) is 0 Å². The maximum Gasteiger partial charge on any atom is 0.0681 e. The van der Waals surface area contributed by atoms with Gasteiger partial charge < -0.3 is 5.11 Å². The standard InChI is InChI=1S/C12H22O.4H2S/c1-5-8-6-9-7-10(11(9,2)3)12(8,4)13;;;;/h8-10,13H,5-7H2,1-4H3;4*1H2/t8-,9+,10-,12+;;;;/m0..../s1. The molecule has 0 aromatic heterocycles. The van der Waals surface area contributed by atoms with Crippen molar-refractivity contribution in [2.75, 3.05) is 0 Å². The van der Waals surface area contributed by atoms with Gasteiger partial charge in [-0.3, -0.25) is 0 Å². The molecule has 4 atom stereocenters.